The number of hydrogen-bond donors (Lipinski definition) is 3. The fourth-order valence-electron chi connectivity index (χ4n) is 2.01. The summed E-state index contributed by atoms with van der Waals surface area (Å²) in [6.45, 7) is 6.20. The van der Waals surface area contributed by atoms with E-state index < -0.39 is 0 Å². The van der Waals surface area contributed by atoms with Crippen LogP contribution in [0.15, 0.2) is 53.6 Å². The Morgan fingerprint density at radius 2 is 1.65 bits per heavy atom. The third kappa shape index (κ3) is 5.07. The van der Waals surface area contributed by atoms with Gasteiger partial charge in [0.05, 0.1) is 5.71 Å². The number of anilines is 1. The van der Waals surface area contributed by atoms with Crippen molar-refractivity contribution in [3.8, 4) is 5.75 Å². The van der Waals surface area contributed by atoms with E-state index in [0.717, 1.165) is 17.0 Å². The Bertz CT molecular complexity index is 691. The minimum Gasteiger partial charge on any atom is -0.508 e. The van der Waals surface area contributed by atoms with Gasteiger partial charge in [-0.05, 0) is 72.6 Å². The predicted octanol–water partition coefficient (Wildman–Crippen LogP) is 4.23. The highest BCUT2D eigenvalue weighted by atomic mass is 32.1. The Labute approximate surface area is 142 Å². The van der Waals surface area contributed by atoms with Gasteiger partial charge in [-0.25, -0.2) is 0 Å². The van der Waals surface area contributed by atoms with Crippen LogP contribution in [-0.4, -0.2) is 15.9 Å². The summed E-state index contributed by atoms with van der Waals surface area (Å²) in [7, 11) is 0. The first kappa shape index (κ1) is 17.0. The van der Waals surface area contributed by atoms with Crippen molar-refractivity contribution in [2.45, 2.75) is 26.7 Å². The number of benzene rings is 2. The third-order valence-electron chi connectivity index (χ3n) is 3.45. The summed E-state index contributed by atoms with van der Waals surface area (Å²) in [5.74, 6) is 0.739. The molecule has 0 aliphatic heterocycles. The molecule has 120 valence electrons. The van der Waals surface area contributed by atoms with Gasteiger partial charge in [-0.15, -0.1) is 0 Å². The lowest BCUT2D eigenvalue weighted by atomic mass is 10.0. The zero-order valence-electron chi connectivity index (χ0n) is 13.5. The Balaban J connectivity index is 1.93. The van der Waals surface area contributed by atoms with Crippen molar-refractivity contribution in [3.63, 3.8) is 0 Å². The summed E-state index contributed by atoms with van der Waals surface area (Å²) in [5.41, 5.74) is 6.73. The van der Waals surface area contributed by atoms with Crippen LogP contribution in [0.4, 0.5) is 5.69 Å². The summed E-state index contributed by atoms with van der Waals surface area (Å²) in [6, 6.07) is 15.0. The van der Waals surface area contributed by atoms with Crippen LogP contribution in [0.2, 0.25) is 0 Å². The second-order valence-corrected chi connectivity index (χ2v) is 5.99. The fraction of sp³-hybridized carbons (Fsp3) is 0.222. The molecule has 3 N–H and O–H groups in total. The first-order valence-electron chi connectivity index (χ1n) is 7.46. The van der Waals surface area contributed by atoms with Crippen LogP contribution in [0.1, 0.15) is 37.8 Å². The van der Waals surface area contributed by atoms with Crippen LogP contribution < -0.4 is 10.7 Å². The Morgan fingerprint density at radius 1 is 1.04 bits per heavy atom. The molecule has 0 unspecified atom stereocenters. The smallest absolute Gasteiger partial charge is 0.191 e. The van der Waals surface area contributed by atoms with Crippen molar-refractivity contribution in [2.75, 3.05) is 5.32 Å². The molecule has 5 heteroatoms. The number of rotatable bonds is 4. The topological polar surface area (TPSA) is 56.7 Å². The summed E-state index contributed by atoms with van der Waals surface area (Å²) in [6.07, 6.45) is 0. The van der Waals surface area contributed by atoms with Crippen molar-refractivity contribution in [1.29, 1.82) is 0 Å². The third-order valence-corrected chi connectivity index (χ3v) is 3.64. The van der Waals surface area contributed by atoms with Gasteiger partial charge >= 0.3 is 0 Å². The summed E-state index contributed by atoms with van der Waals surface area (Å²) in [4.78, 5) is 0. The zero-order chi connectivity index (χ0) is 16.8. The Kier molecular flexibility index (Phi) is 5.71. The van der Waals surface area contributed by atoms with Gasteiger partial charge in [-0.1, -0.05) is 26.0 Å². The molecule has 23 heavy (non-hydrogen) atoms. The molecule has 0 saturated carbocycles. The van der Waals surface area contributed by atoms with E-state index in [1.807, 2.05) is 19.1 Å². The van der Waals surface area contributed by atoms with Gasteiger partial charge in [0.15, 0.2) is 5.11 Å². The van der Waals surface area contributed by atoms with E-state index in [4.69, 9.17) is 12.2 Å². The number of phenols is 1. The molecular formula is C18H21N3OS. The highest BCUT2D eigenvalue weighted by Gasteiger charge is 2.01. The van der Waals surface area contributed by atoms with E-state index in [0.29, 0.717) is 11.0 Å². The van der Waals surface area contributed by atoms with Crippen LogP contribution in [0.3, 0.4) is 0 Å². The Hall–Kier alpha value is -2.40. The van der Waals surface area contributed by atoms with E-state index in [-0.39, 0.29) is 5.75 Å². The molecule has 0 aromatic heterocycles. The average molecular weight is 327 g/mol. The number of nitrogens with one attached hydrogen (secondary N) is 2. The normalized spacial score (nSPS) is 11.4. The van der Waals surface area contributed by atoms with Crippen molar-refractivity contribution >= 4 is 28.7 Å². The number of hydrazone groups is 1. The van der Waals surface area contributed by atoms with Gasteiger partial charge in [0.1, 0.15) is 5.75 Å². The largest absolute Gasteiger partial charge is 0.508 e. The van der Waals surface area contributed by atoms with E-state index in [1.54, 1.807) is 24.3 Å². The predicted molar refractivity (Wildman–Crippen MR) is 100 cm³/mol. The maximum absolute atomic E-state index is 9.29. The van der Waals surface area contributed by atoms with Crippen LogP contribution in [-0.2, 0) is 0 Å². The van der Waals surface area contributed by atoms with E-state index in [1.165, 1.54) is 5.56 Å². The van der Waals surface area contributed by atoms with E-state index in [9.17, 15) is 5.11 Å². The Morgan fingerprint density at radius 3 is 2.22 bits per heavy atom. The molecular weight excluding hydrogens is 306 g/mol. The van der Waals surface area contributed by atoms with Gasteiger partial charge in [0.2, 0.25) is 0 Å². The lowest BCUT2D eigenvalue weighted by molar-refractivity contribution is 0.475. The highest BCUT2D eigenvalue weighted by Crippen LogP contribution is 2.17. The zero-order valence-corrected chi connectivity index (χ0v) is 14.3. The molecule has 4 nitrogen and oxygen atoms in total. The van der Waals surface area contributed by atoms with Crippen molar-refractivity contribution in [3.05, 3.63) is 59.7 Å². The molecule has 0 spiro atoms. The minimum absolute atomic E-state index is 0.233. The van der Waals surface area contributed by atoms with E-state index >= 15 is 0 Å². The van der Waals surface area contributed by atoms with Crippen LogP contribution >= 0.6 is 12.2 Å². The maximum Gasteiger partial charge on any atom is 0.191 e. The monoisotopic (exact) mass is 327 g/mol. The van der Waals surface area contributed by atoms with Gasteiger partial charge in [0, 0.05) is 5.69 Å². The molecule has 2 aromatic rings. The molecule has 0 saturated heterocycles. The molecule has 0 aliphatic rings. The summed E-state index contributed by atoms with van der Waals surface area (Å²) < 4.78 is 0. The van der Waals surface area contributed by atoms with Gasteiger partial charge in [-0.2, -0.15) is 5.10 Å². The molecule has 2 rings (SSSR count). The molecule has 0 atom stereocenters. The lowest BCUT2D eigenvalue weighted by Crippen LogP contribution is -2.24. The average Bonchev–Trinajstić information content (AvgIpc) is 2.54. The highest BCUT2D eigenvalue weighted by molar-refractivity contribution is 7.80. The standard InChI is InChI=1S/C18H21N3OS/c1-12(2)14-4-8-16(9-5-14)19-18(23)21-20-13(3)15-6-10-17(22)11-7-15/h4-12,22H,1-3H3,(H2,19,21,23)/b20-13+. The fourth-order valence-corrected chi connectivity index (χ4v) is 2.18. The van der Waals surface area contributed by atoms with Crippen molar-refractivity contribution < 1.29 is 5.11 Å². The van der Waals surface area contributed by atoms with Crippen LogP contribution in [0.5, 0.6) is 5.75 Å². The maximum atomic E-state index is 9.29. The van der Waals surface area contributed by atoms with Crippen LogP contribution in [0, 0.1) is 0 Å². The number of nitrogens with zero attached hydrogens (tertiary/aromatic N) is 1. The SMILES string of the molecule is C/C(=N\NC(=S)Nc1ccc(C(C)C)cc1)c1ccc(O)cc1. The number of phenolic OH excluding ortho intramolecular Hbond substituents is 1. The van der Waals surface area contributed by atoms with Gasteiger partial charge in [-0.3, -0.25) is 5.43 Å². The number of aromatic hydroxyl groups is 1. The summed E-state index contributed by atoms with van der Waals surface area (Å²) >= 11 is 5.24. The first-order chi connectivity index (χ1) is 11.0. The second-order valence-electron chi connectivity index (χ2n) is 5.59. The van der Waals surface area contributed by atoms with Gasteiger partial charge in [0.25, 0.3) is 0 Å². The lowest BCUT2D eigenvalue weighted by Gasteiger charge is -2.10. The quantitative estimate of drug-likeness (QED) is 0.447. The molecule has 0 heterocycles. The van der Waals surface area contributed by atoms with Gasteiger partial charge < -0.3 is 10.4 Å². The molecule has 0 fully saturated rings. The number of hydrogen-bond acceptors (Lipinski definition) is 3. The molecule has 0 aliphatic carbocycles. The molecule has 0 bridgehead atoms. The van der Waals surface area contributed by atoms with Crippen molar-refractivity contribution in [1.82, 2.24) is 5.43 Å². The number of thiocarbonyl (C=S) groups is 1. The molecule has 0 radical (unpaired) electrons. The van der Waals surface area contributed by atoms with Crippen LogP contribution in [0.25, 0.3) is 0 Å². The van der Waals surface area contributed by atoms with Crippen molar-refractivity contribution in [2.24, 2.45) is 5.10 Å². The molecule has 0 amide bonds. The molecule has 2 aromatic carbocycles. The minimum atomic E-state index is 0.233. The van der Waals surface area contributed by atoms with E-state index in [2.05, 4.69) is 41.8 Å². The summed E-state index contributed by atoms with van der Waals surface area (Å²) in [5, 5.41) is 17.1. The second kappa shape index (κ2) is 7.74. The first-order valence-corrected chi connectivity index (χ1v) is 7.87.